The molecule has 0 aromatic heterocycles. The van der Waals surface area contributed by atoms with E-state index in [0.717, 1.165) is 19.3 Å². The Morgan fingerprint density at radius 3 is 2.17 bits per heavy atom. The first-order valence-electron chi connectivity index (χ1n) is 8.00. The van der Waals surface area contributed by atoms with Gasteiger partial charge in [-0.3, -0.25) is 20.4 Å². The van der Waals surface area contributed by atoms with Crippen LogP contribution in [-0.4, -0.2) is 25.5 Å². The minimum atomic E-state index is -0.403. The maximum Gasteiger partial charge on any atom is 0.276 e. The highest BCUT2D eigenvalue weighted by atomic mass is 16.5. The average Bonchev–Trinajstić information content (AvgIpc) is 2.58. The van der Waals surface area contributed by atoms with Crippen molar-refractivity contribution >= 4 is 11.8 Å². The quantitative estimate of drug-likeness (QED) is 0.513. The summed E-state index contributed by atoms with van der Waals surface area (Å²) in [6.45, 7) is 1.99. The van der Waals surface area contributed by atoms with E-state index >= 15 is 0 Å². The van der Waals surface area contributed by atoms with Crippen molar-refractivity contribution in [1.82, 2.24) is 10.9 Å². The van der Waals surface area contributed by atoms with Gasteiger partial charge in [0.25, 0.3) is 5.91 Å². The number of nitrogens with one attached hydrogen (secondary N) is 2. The SMILES string of the molecule is CCCCCCCC(=O)NNC(=O)COc1ccc(OC)cc1. The summed E-state index contributed by atoms with van der Waals surface area (Å²) < 4.78 is 10.3. The van der Waals surface area contributed by atoms with Gasteiger partial charge in [0.15, 0.2) is 6.61 Å². The van der Waals surface area contributed by atoms with Crippen molar-refractivity contribution in [2.75, 3.05) is 13.7 Å². The maximum atomic E-state index is 11.6. The molecule has 0 radical (unpaired) electrons. The Labute approximate surface area is 137 Å². The predicted octanol–water partition coefficient (Wildman–Crippen LogP) is 2.58. The number of methoxy groups -OCH3 is 1. The monoisotopic (exact) mass is 322 g/mol. The first-order valence-corrected chi connectivity index (χ1v) is 8.00. The lowest BCUT2D eigenvalue weighted by atomic mass is 10.1. The summed E-state index contributed by atoms with van der Waals surface area (Å²) in [5.41, 5.74) is 4.73. The second-order valence-electron chi connectivity index (χ2n) is 5.22. The molecule has 1 aromatic rings. The van der Waals surface area contributed by atoms with Crippen LogP contribution in [-0.2, 0) is 9.59 Å². The molecule has 23 heavy (non-hydrogen) atoms. The largest absolute Gasteiger partial charge is 0.497 e. The summed E-state index contributed by atoms with van der Waals surface area (Å²) in [7, 11) is 1.58. The number of hydrogen-bond donors (Lipinski definition) is 2. The molecule has 0 saturated heterocycles. The first kappa shape index (κ1) is 18.8. The van der Waals surface area contributed by atoms with Gasteiger partial charge in [0.1, 0.15) is 11.5 Å². The zero-order valence-corrected chi connectivity index (χ0v) is 13.9. The van der Waals surface area contributed by atoms with Gasteiger partial charge in [-0.2, -0.15) is 0 Å². The van der Waals surface area contributed by atoms with Crippen LogP contribution in [0.5, 0.6) is 11.5 Å². The third kappa shape index (κ3) is 8.70. The van der Waals surface area contributed by atoms with Crippen LogP contribution >= 0.6 is 0 Å². The Balaban J connectivity index is 2.12. The lowest BCUT2D eigenvalue weighted by Crippen LogP contribution is -2.43. The second kappa shape index (κ2) is 11.3. The Hall–Kier alpha value is -2.24. The van der Waals surface area contributed by atoms with E-state index in [1.165, 1.54) is 12.8 Å². The van der Waals surface area contributed by atoms with Gasteiger partial charge in [-0.15, -0.1) is 0 Å². The molecule has 0 unspecified atom stereocenters. The molecular formula is C17H26N2O4. The van der Waals surface area contributed by atoms with Crippen LogP contribution in [0.1, 0.15) is 45.4 Å². The number of carbonyl (C=O) groups excluding carboxylic acids is 2. The van der Waals surface area contributed by atoms with Crippen molar-refractivity contribution in [3.8, 4) is 11.5 Å². The van der Waals surface area contributed by atoms with E-state index in [2.05, 4.69) is 17.8 Å². The van der Waals surface area contributed by atoms with Crippen molar-refractivity contribution in [2.45, 2.75) is 45.4 Å². The number of unbranched alkanes of at least 4 members (excludes halogenated alkanes) is 4. The molecule has 1 rings (SSSR count). The highest BCUT2D eigenvalue weighted by Gasteiger charge is 2.05. The summed E-state index contributed by atoms with van der Waals surface area (Å²) in [6, 6.07) is 6.91. The zero-order chi connectivity index (χ0) is 16.9. The van der Waals surface area contributed by atoms with E-state index in [0.29, 0.717) is 17.9 Å². The van der Waals surface area contributed by atoms with E-state index in [4.69, 9.17) is 9.47 Å². The fourth-order valence-electron chi connectivity index (χ4n) is 1.95. The second-order valence-corrected chi connectivity index (χ2v) is 5.22. The lowest BCUT2D eigenvalue weighted by Gasteiger charge is -2.09. The minimum absolute atomic E-state index is 0.164. The number of amides is 2. The number of rotatable bonds is 10. The van der Waals surface area contributed by atoms with Crippen molar-refractivity contribution in [1.29, 1.82) is 0 Å². The topological polar surface area (TPSA) is 76.7 Å². The van der Waals surface area contributed by atoms with Crippen LogP contribution in [0.15, 0.2) is 24.3 Å². The molecule has 2 N–H and O–H groups in total. The van der Waals surface area contributed by atoms with Gasteiger partial charge in [0.05, 0.1) is 7.11 Å². The molecule has 0 saturated carbocycles. The number of benzene rings is 1. The predicted molar refractivity (Wildman–Crippen MR) is 88.2 cm³/mol. The van der Waals surface area contributed by atoms with Gasteiger partial charge in [-0.25, -0.2) is 0 Å². The molecule has 128 valence electrons. The van der Waals surface area contributed by atoms with E-state index in [9.17, 15) is 9.59 Å². The minimum Gasteiger partial charge on any atom is -0.497 e. The summed E-state index contributed by atoms with van der Waals surface area (Å²) in [6.07, 6.45) is 5.81. The van der Waals surface area contributed by atoms with E-state index in [1.54, 1.807) is 31.4 Å². The van der Waals surface area contributed by atoms with Crippen LogP contribution in [0.2, 0.25) is 0 Å². The van der Waals surface area contributed by atoms with Crippen LogP contribution in [0.3, 0.4) is 0 Å². The molecule has 0 heterocycles. The standard InChI is InChI=1S/C17H26N2O4/c1-3-4-5-6-7-8-16(20)18-19-17(21)13-23-15-11-9-14(22-2)10-12-15/h9-12H,3-8,13H2,1-2H3,(H,18,20)(H,19,21). The van der Waals surface area contributed by atoms with E-state index < -0.39 is 5.91 Å². The number of carbonyl (C=O) groups is 2. The molecule has 0 aliphatic heterocycles. The summed E-state index contributed by atoms with van der Waals surface area (Å²) in [4.78, 5) is 23.1. The van der Waals surface area contributed by atoms with Gasteiger partial charge in [-0.05, 0) is 30.7 Å². The fourth-order valence-corrected chi connectivity index (χ4v) is 1.95. The van der Waals surface area contributed by atoms with Crippen molar-refractivity contribution in [3.05, 3.63) is 24.3 Å². The maximum absolute atomic E-state index is 11.6. The molecule has 0 aliphatic carbocycles. The van der Waals surface area contributed by atoms with Gasteiger partial charge in [-0.1, -0.05) is 32.6 Å². The van der Waals surface area contributed by atoms with Crippen molar-refractivity contribution in [2.24, 2.45) is 0 Å². The molecule has 0 bridgehead atoms. The van der Waals surface area contributed by atoms with Crippen molar-refractivity contribution < 1.29 is 19.1 Å². The van der Waals surface area contributed by atoms with Gasteiger partial charge in [0.2, 0.25) is 5.91 Å². The third-order valence-electron chi connectivity index (χ3n) is 3.28. The van der Waals surface area contributed by atoms with Gasteiger partial charge < -0.3 is 9.47 Å². The number of ether oxygens (including phenoxy) is 2. The Morgan fingerprint density at radius 1 is 0.913 bits per heavy atom. The summed E-state index contributed by atoms with van der Waals surface area (Å²) in [5.74, 6) is 0.690. The number of hydrazine groups is 1. The van der Waals surface area contributed by atoms with Gasteiger partial charge >= 0.3 is 0 Å². The first-order chi connectivity index (χ1) is 11.2. The van der Waals surface area contributed by atoms with E-state index in [-0.39, 0.29) is 12.5 Å². The van der Waals surface area contributed by atoms with Gasteiger partial charge in [0, 0.05) is 6.42 Å². The molecule has 6 nitrogen and oxygen atoms in total. The molecule has 0 aliphatic rings. The van der Waals surface area contributed by atoms with E-state index in [1.807, 2.05) is 0 Å². The Morgan fingerprint density at radius 2 is 1.52 bits per heavy atom. The molecule has 1 aromatic carbocycles. The highest BCUT2D eigenvalue weighted by Crippen LogP contribution is 2.16. The molecule has 6 heteroatoms. The molecule has 2 amide bonds. The van der Waals surface area contributed by atoms with Crippen LogP contribution < -0.4 is 20.3 Å². The molecule has 0 spiro atoms. The van der Waals surface area contributed by atoms with Crippen molar-refractivity contribution in [3.63, 3.8) is 0 Å². The highest BCUT2D eigenvalue weighted by molar-refractivity contribution is 5.82. The van der Waals surface area contributed by atoms with Crippen LogP contribution in [0.25, 0.3) is 0 Å². The fraction of sp³-hybridized carbons (Fsp3) is 0.529. The Kier molecular flexibility index (Phi) is 9.28. The smallest absolute Gasteiger partial charge is 0.276 e. The average molecular weight is 322 g/mol. The molecule has 0 atom stereocenters. The number of hydrogen-bond acceptors (Lipinski definition) is 4. The Bertz CT molecular complexity index is 474. The summed E-state index contributed by atoms with van der Waals surface area (Å²) in [5, 5.41) is 0. The van der Waals surface area contributed by atoms with Crippen LogP contribution in [0.4, 0.5) is 0 Å². The zero-order valence-electron chi connectivity index (χ0n) is 13.9. The van der Waals surface area contributed by atoms with Crippen LogP contribution in [0, 0.1) is 0 Å². The molecule has 0 fully saturated rings. The summed E-state index contributed by atoms with van der Waals surface area (Å²) >= 11 is 0. The normalized spacial score (nSPS) is 10.0. The molecular weight excluding hydrogens is 296 g/mol. The lowest BCUT2D eigenvalue weighted by molar-refractivity contribution is -0.130. The third-order valence-corrected chi connectivity index (χ3v) is 3.28.